The first-order valence-corrected chi connectivity index (χ1v) is 7.17. The maximum absolute atomic E-state index is 11.7. The van der Waals surface area contributed by atoms with Crippen LogP contribution in [-0.4, -0.2) is 25.0 Å². The van der Waals surface area contributed by atoms with E-state index in [2.05, 4.69) is 28.5 Å². The molecule has 3 rings (SSSR count). The Balaban J connectivity index is 1.97. The average Bonchev–Trinajstić information content (AvgIpc) is 2.51. The molecule has 1 aromatic carbocycles. The molecule has 108 valence electrons. The van der Waals surface area contributed by atoms with Crippen molar-refractivity contribution in [2.24, 2.45) is 0 Å². The predicted molar refractivity (Wildman–Crippen MR) is 84.2 cm³/mol. The van der Waals surface area contributed by atoms with Gasteiger partial charge in [0.25, 0.3) is 0 Å². The molecule has 4 heteroatoms. The van der Waals surface area contributed by atoms with Gasteiger partial charge in [0, 0.05) is 43.7 Å². The van der Waals surface area contributed by atoms with E-state index in [4.69, 9.17) is 0 Å². The molecule has 2 heterocycles. The fraction of sp³-hybridized carbons (Fsp3) is 0.294. The van der Waals surface area contributed by atoms with Crippen LogP contribution in [0.3, 0.4) is 0 Å². The van der Waals surface area contributed by atoms with Gasteiger partial charge in [-0.1, -0.05) is 6.07 Å². The third-order valence-electron chi connectivity index (χ3n) is 3.93. The Morgan fingerprint density at radius 2 is 2.05 bits per heavy atom. The zero-order valence-corrected chi connectivity index (χ0v) is 12.4. The highest BCUT2D eigenvalue weighted by molar-refractivity contribution is 5.96. The Morgan fingerprint density at radius 1 is 1.19 bits per heavy atom. The summed E-state index contributed by atoms with van der Waals surface area (Å²) < 4.78 is 0. The van der Waals surface area contributed by atoms with Crippen molar-refractivity contribution in [1.29, 1.82) is 0 Å². The topological polar surface area (TPSA) is 45.2 Å². The number of hydrogen-bond acceptors (Lipinski definition) is 3. The number of benzene rings is 1. The van der Waals surface area contributed by atoms with Gasteiger partial charge in [-0.3, -0.25) is 9.78 Å². The number of hydrogen-bond donors (Lipinski definition) is 1. The molecule has 0 spiro atoms. The van der Waals surface area contributed by atoms with Crippen LogP contribution in [0, 0.1) is 0 Å². The summed E-state index contributed by atoms with van der Waals surface area (Å²) in [6.45, 7) is 0.809. The van der Waals surface area contributed by atoms with E-state index in [0.717, 1.165) is 29.8 Å². The largest absolute Gasteiger partial charge is 0.316 e. The molecule has 1 aliphatic rings. The van der Waals surface area contributed by atoms with Gasteiger partial charge in [-0.15, -0.1) is 0 Å². The second kappa shape index (κ2) is 5.66. The lowest BCUT2D eigenvalue weighted by Gasteiger charge is -2.26. The lowest BCUT2D eigenvalue weighted by atomic mass is 9.96. The van der Waals surface area contributed by atoms with Gasteiger partial charge in [0.1, 0.15) is 0 Å². The van der Waals surface area contributed by atoms with Crippen molar-refractivity contribution < 1.29 is 4.79 Å². The van der Waals surface area contributed by atoms with Crippen molar-refractivity contribution in [1.82, 2.24) is 10.3 Å². The van der Waals surface area contributed by atoms with E-state index in [1.165, 1.54) is 11.1 Å². The van der Waals surface area contributed by atoms with Crippen LogP contribution in [0.4, 0.5) is 5.69 Å². The third kappa shape index (κ3) is 2.67. The number of nitrogens with zero attached hydrogens (tertiary/aromatic N) is 2. The summed E-state index contributed by atoms with van der Waals surface area (Å²) in [4.78, 5) is 17.8. The standard InChI is InChI=1S/C17H19N3O/c1-18-9-12-7-15(11-19-10-12)13-3-5-16-14(8-13)4-6-17(21)20(16)2/h3,5,7-8,10-11,18H,4,6,9H2,1-2H3. The summed E-state index contributed by atoms with van der Waals surface area (Å²) in [5.74, 6) is 0.188. The molecular weight excluding hydrogens is 262 g/mol. The molecule has 1 aliphatic heterocycles. The zero-order valence-electron chi connectivity index (χ0n) is 12.4. The molecule has 21 heavy (non-hydrogen) atoms. The minimum atomic E-state index is 0.188. The summed E-state index contributed by atoms with van der Waals surface area (Å²) in [7, 11) is 3.77. The highest BCUT2D eigenvalue weighted by Crippen LogP contribution is 2.31. The van der Waals surface area contributed by atoms with Gasteiger partial charge >= 0.3 is 0 Å². The lowest BCUT2D eigenvalue weighted by Crippen LogP contribution is -2.30. The quantitative estimate of drug-likeness (QED) is 0.939. The maximum atomic E-state index is 11.7. The first kappa shape index (κ1) is 13.8. The number of carbonyl (C=O) groups is 1. The average molecular weight is 281 g/mol. The molecule has 0 saturated heterocycles. The fourth-order valence-electron chi connectivity index (χ4n) is 2.78. The fourth-order valence-corrected chi connectivity index (χ4v) is 2.78. The Morgan fingerprint density at radius 3 is 2.86 bits per heavy atom. The van der Waals surface area contributed by atoms with Crippen LogP contribution < -0.4 is 10.2 Å². The highest BCUT2D eigenvalue weighted by atomic mass is 16.2. The number of anilines is 1. The molecule has 0 aliphatic carbocycles. The molecule has 0 saturated carbocycles. The van der Waals surface area contributed by atoms with Crippen molar-refractivity contribution in [2.45, 2.75) is 19.4 Å². The minimum absolute atomic E-state index is 0.188. The zero-order chi connectivity index (χ0) is 14.8. The number of aryl methyl sites for hydroxylation is 1. The van der Waals surface area contributed by atoms with E-state index in [9.17, 15) is 4.79 Å². The summed E-state index contributed by atoms with van der Waals surface area (Å²) in [6.07, 6.45) is 5.17. The Kier molecular flexibility index (Phi) is 3.71. The molecule has 0 radical (unpaired) electrons. The number of amides is 1. The van der Waals surface area contributed by atoms with Crippen molar-refractivity contribution in [3.8, 4) is 11.1 Å². The van der Waals surface area contributed by atoms with Crippen molar-refractivity contribution >= 4 is 11.6 Å². The Bertz CT molecular complexity index is 681. The van der Waals surface area contributed by atoms with Gasteiger partial charge in [-0.2, -0.15) is 0 Å². The molecule has 0 atom stereocenters. The predicted octanol–water partition coefficient (Wildman–Crippen LogP) is 2.38. The molecule has 0 unspecified atom stereocenters. The summed E-state index contributed by atoms with van der Waals surface area (Å²) >= 11 is 0. The summed E-state index contributed by atoms with van der Waals surface area (Å²) in [5.41, 5.74) is 5.69. The Hall–Kier alpha value is -2.20. The lowest BCUT2D eigenvalue weighted by molar-refractivity contribution is -0.118. The molecular formula is C17H19N3O. The van der Waals surface area contributed by atoms with Crippen LogP contribution in [0.25, 0.3) is 11.1 Å². The first-order chi connectivity index (χ1) is 10.2. The smallest absolute Gasteiger partial charge is 0.227 e. The van der Waals surface area contributed by atoms with E-state index >= 15 is 0 Å². The molecule has 1 amide bonds. The molecule has 4 nitrogen and oxygen atoms in total. The van der Waals surface area contributed by atoms with Gasteiger partial charge in [-0.25, -0.2) is 0 Å². The van der Waals surface area contributed by atoms with Crippen molar-refractivity contribution in [2.75, 3.05) is 19.0 Å². The molecule has 2 aromatic rings. The summed E-state index contributed by atoms with van der Waals surface area (Å²) in [6, 6.07) is 8.43. The third-order valence-corrected chi connectivity index (χ3v) is 3.93. The van der Waals surface area contributed by atoms with Gasteiger partial charge < -0.3 is 10.2 Å². The molecule has 1 N–H and O–H groups in total. The summed E-state index contributed by atoms with van der Waals surface area (Å²) in [5, 5.41) is 3.14. The second-order valence-electron chi connectivity index (χ2n) is 5.41. The van der Waals surface area contributed by atoms with E-state index in [1.807, 2.05) is 32.6 Å². The number of pyridine rings is 1. The van der Waals surface area contributed by atoms with Crippen LogP contribution >= 0.6 is 0 Å². The van der Waals surface area contributed by atoms with E-state index in [1.54, 1.807) is 4.90 Å². The first-order valence-electron chi connectivity index (χ1n) is 7.17. The monoisotopic (exact) mass is 281 g/mol. The molecule has 0 bridgehead atoms. The van der Waals surface area contributed by atoms with Crippen LogP contribution in [-0.2, 0) is 17.8 Å². The van der Waals surface area contributed by atoms with Gasteiger partial charge in [0.15, 0.2) is 0 Å². The molecule has 1 aromatic heterocycles. The van der Waals surface area contributed by atoms with Gasteiger partial charge in [0.05, 0.1) is 0 Å². The number of carbonyl (C=O) groups excluding carboxylic acids is 1. The Labute approximate surface area is 124 Å². The van der Waals surface area contributed by atoms with E-state index in [0.29, 0.717) is 6.42 Å². The normalized spacial score (nSPS) is 14.2. The van der Waals surface area contributed by atoms with Crippen LogP contribution in [0.1, 0.15) is 17.5 Å². The second-order valence-corrected chi connectivity index (χ2v) is 5.41. The number of fused-ring (bicyclic) bond motifs is 1. The van der Waals surface area contributed by atoms with E-state index in [-0.39, 0.29) is 5.91 Å². The van der Waals surface area contributed by atoms with Crippen LogP contribution in [0.15, 0.2) is 36.7 Å². The van der Waals surface area contributed by atoms with Gasteiger partial charge in [-0.05, 0) is 48.4 Å². The van der Waals surface area contributed by atoms with Gasteiger partial charge in [0.2, 0.25) is 5.91 Å². The van der Waals surface area contributed by atoms with Crippen LogP contribution in [0.2, 0.25) is 0 Å². The number of nitrogens with one attached hydrogen (secondary N) is 1. The molecule has 0 fully saturated rings. The van der Waals surface area contributed by atoms with E-state index < -0.39 is 0 Å². The minimum Gasteiger partial charge on any atom is -0.316 e. The highest BCUT2D eigenvalue weighted by Gasteiger charge is 2.20. The number of aromatic nitrogens is 1. The SMILES string of the molecule is CNCc1cncc(-c2ccc3c(c2)CCC(=O)N3C)c1. The van der Waals surface area contributed by atoms with Crippen molar-refractivity contribution in [3.63, 3.8) is 0 Å². The van der Waals surface area contributed by atoms with Crippen molar-refractivity contribution in [3.05, 3.63) is 47.8 Å². The maximum Gasteiger partial charge on any atom is 0.227 e. The number of rotatable bonds is 3. The van der Waals surface area contributed by atoms with Crippen LogP contribution in [0.5, 0.6) is 0 Å².